The van der Waals surface area contributed by atoms with Gasteiger partial charge in [-0.3, -0.25) is 9.59 Å². The van der Waals surface area contributed by atoms with Gasteiger partial charge in [0.1, 0.15) is 0 Å². The van der Waals surface area contributed by atoms with Crippen molar-refractivity contribution in [1.29, 1.82) is 0 Å². The molecule has 0 saturated heterocycles. The average Bonchev–Trinajstić information content (AvgIpc) is 3.03. The Morgan fingerprint density at radius 1 is 0.966 bits per heavy atom. The molecule has 1 heterocycles. The Hall–Kier alpha value is -3.40. The van der Waals surface area contributed by atoms with E-state index in [2.05, 4.69) is 47.8 Å². The maximum absolute atomic E-state index is 11.1. The molecule has 150 valence electrons. The van der Waals surface area contributed by atoms with E-state index in [4.69, 9.17) is 0 Å². The van der Waals surface area contributed by atoms with Crippen LogP contribution in [0.4, 0.5) is 0 Å². The third kappa shape index (κ3) is 6.04. The molecule has 4 aromatic rings. The minimum absolute atomic E-state index is 0.116. The Labute approximate surface area is 171 Å². The van der Waals surface area contributed by atoms with E-state index < -0.39 is 0 Å². The van der Waals surface area contributed by atoms with Crippen LogP contribution in [0.25, 0.3) is 21.7 Å². The molecule has 1 N–H and O–H groups in total. The van der Waals surface area contributed by atoms with Crippen molar-refractivity contribution in [2.45, 2.75) is 27.7 Å². The lowest BCUT2D eigenvalue weighted by Crippen LogP contribution is -1.90. The van der Waals surface area contributed by atoms with Crippen LogP contribution in [0.15, 0.2) is 66.7 Å². The van der Waals surface area contributed by atoms with Gasteiger partial charge in [0, 0.05) is 22.2 Å². The molecule has 4 rings (SSSR count). The fraction of sp³-hybridized carbons (Fsp3) is 0.200. The molecule has 0 fully saturated rings. The molecule has 0 bridgehead atoms. The van der Waals surface area contributed by atoms with Gasteiger partial charge < -0.3 is 9.72 Å². The molecule has 0 saturated carbocycles. The van der Waals surface area contributed by atoms with E-state index in [1.165, 1.54) is 27.5 Å². The number of fused-ring (bicyclic) bond motifs is 2. The molecule has 0 unspecified atom stereocenters. The summed E-state index contributed by atoms with van der Waals surface area (Å²) < 4.78 is 4.15. The number of carbonyl (C=O) groups excluding carboxylic acids is 2. The van der Waals surface area contributed by atoms with Crippen molar-refractivity contribution >= 4 is 33.9 Å². The van der Waals surface area contributed by atoms with Gasteiger partial charge in [0.05, 0.1) is 6.61 Å². The predicted octanol–water partition coefficient (Wildman–Crippen LogP) is 6.01. The van der Waals surface area contributed by atoms with Gasteiger partial charge in [-0.25, -0.2) is 0 Å². The highest BCUT2D eigenvalue weighted by atomic mass is 16.5. The van der Waals surface area contributed by atoms with E-state index in [9.17, 15) is 9.59 Å². The molecule has 0 aliphatic carbocycles. The summed E-state index contributed by atoms with van der Waals surface area (Å²) in [6.45, 7) is 8.51. The zero-order chi connectivity index (χ0) is 21.2. The van der Waals surface area contributed by atoms with E-state index in [1.54, 1.807) is 13.8 Å². The topological polar surface area (TPSA) is 59.2 Å². The minimum Gasteiger partial charge on any atom is -0.468 e. The number of H-pyrrole nitrogens is 1. The van der Waals surface area contributed by atoms with Crippen LogP contribution >= 0.6 is 0 Å². The Bertz CT molecular complexity index is 1100. The standard InChI is InChI=1S/C12H10O.C10H11N.C3H6O2/c1-9(13)11-7-6-10-4-2-3-5-12(10)8-11;1-7-8(2)11-10-6-4-3-5-9(7)10;1-2-5-3-4/h2-8H,1H3;3-6,11H,1-2H3;3H,2H2,1H3. The number of ether oxygens (including phenoxy) is 1. The van der Waals surface area contributed by atoms with Gasteiger partial charge in [0.2, 0.25) is 0 Å². The molecule has 0 aliphatic heterocycles. The van der Waals surface area contributed by atoms with Crippen LogP contribution in [0, 0.1) is 13.8 Å². The molecule has 3 aromatic carbocycles. The lowest BCUT2D eigenvalue weighted by molar-refractivity contribution is -0.128. The summed E-state index contributed by atoms with van der Waals surface area (Å²) in [6, 6.07) is 22.2. The molecular formula is C25H27NO3. The highest BCUT2D eigenvalue weighted by Crippen LogP contribution is 2.19. The minimum atomic E-state index is 0.116. The maximum atomic E-state index is 11.1. The number of aromatic amines is 1. The number of Topliss-reactive ketones (excluding diaryl/α,β-unsaturated/α-hetero) is 1. The van der Waals surface area contributed by atoms with Crippen LogP contribution < -0.4 is 0 Å². The number of aromatic nitrogens is 1. The number of aryl methyl sites for hydroxylation is 2. The number of para-hydroxylation sites is 1. The molecule has 29 heavy (non-hydrogen) atoms. The van der Waals surface area contributed by atoms with E-state index in [1.807, 2.05) is 42.5 Å². The van der Waals surface area contributed by atoms with Gasteiger partial charge in [-0.1, -0.05) is 54.6 Å². The second kappa shape index (κ2) is 10.8. The number of hydrogen-bond acceptors (Lipinski definition) is 3. The lowest BCUT2D eigenvalue weighted by Gasteiger charge is -1.99. The number of ketones is 1. The number of benzene rings is 3. The Kier molecular flexibility index (Phi) is 8.16. The highest BCUT2D eigenvalue weighted by Gasteiger charge is 2.01. The second-order valence-electron chi connectivity index (χ2n) is 6.59. The summed E-state index contributed by atoms with van der Waals surface area (Å²) in [4.78, 5) is 23.6. The number of nitrogens with one attached hydrogen (secondary N) is 1. The summed E-state index contributed by atoms with van der Waals surface area (Å²) in [5.74, 6) is 0.116. The summed E-state index contributed by atoms with van der Waals surface area (Å²) in [7, 11) is 0. The summed E-state index contributed by atoms with van der Waals surface area (Å²) in [5.41, 5.74) is 4.65. The van der Waals surface area contributed by atoms with Crippen molar-refractivity contribution in [2.24, 2.45) is 0 Å². The number of rotatable bonds is 3. The van der Waals surface area contributed by atoms with Crippen molar-refractivity contribution in [3.05, 3.63) is 83.6 Å². The third-order valence-corrected chi connectivity index (χ3v) is 4.61. The Morgan fingerprint density at radius 2 is 1.62 bits per heavy atom. The van der Waals surface area contributed by atoms with E-state index in [-0.39, 0.29) is 5.78 Å². The maximum Gasteiger partial charge on any atom is 0.293 e. The van der Waals surface area contributed by atoms with Gasteiger partial charge in [-0.15, -0.1) is 0 Å². The first-order chi connectivity index (χ1) is 14.0. The highest BCUT2D eigenvalue weighted by molar-refractivity contribution is 5.98. The molecule has 0 aliphatic rings. The first-order valence-corrected chi connectivity index (χ1v) is 9.56. The summed E-state index contributed by atoms with van der Waals surface area (Å²) in [5, 5.41) is 3.63. The molecule has 0 radical (unpaired) electrons. The van der Waals surface area contributed by atoms with Gasteiger partial charge in [-0.05, 0) is 56.2 Å². The zero-order valence-corrected chi connectivity index (χ0v) is 17.4. The molecule has 1 aromatic heterocycles. The molecule has 4 nitrogen and oxygen atoms in total. The molecular weight excluding hydrogens is 362 g/mol. The average molecular weight is 389 g/mol. The Morgan fingerprint density at radius 3 is 2.21 bits per heavy atom. The summed E-state index contributed by atoms with van der Waals surface area (Å²) in [6.07, 6.45) is 0. The molecule has 4 heteroatoms. The van der Waals surface area contributed by atoms with Crippen molar-refractivity contribution in [1.82, 2.24) is 4.98 Å². The van der Waals surface area contributed by atoms with Crippen LogP contribution in [0.5, 0.6) is 0 Å². The van der Waals surface area contributed by atoms with Crippen molar-refractivity contribution in [3.8, 4) is 0 Å². The smallest absolute Gasteiger partial charge is 0.293 e. The van der Waals surface area contributed by atoms with Crippen LogP contribution in [-0.2, 0) is 9.53 Å². The van der Waals surface area contributed by atoms with Gasteiger partial charge >= 0.3 is 0 Å². The normalized spacial score (nSPS) is 9.79. The largest absolute Gasteiger partial charge is 0.468 e. The van der Waals surface area contributed by atoms with Crippen LogP contribution in [-0.4, -0.2) is 23.8 Å². The van der Waals surface area contributed by atoms with E-state index in [0.717, 1.165) is 10.9 Å². The third-order valence-electron chi connectivity index (χ3n) is 4.61. The van der Waals surface area contributed by atoms with Crippen molar-refractivity contribution in [3.63, 3.8) is 0 Å². The molecule has 0 spiro atoms. The monoisotopic (exact) mass is 389 g/mol. The van der Waals surface area contributed by atoms with E-state index in [0.29, 0.717) is 13.1 Å². The number of carbonyl (C=O) groups is 2. The predicted molar refractivity (Wildman–Crippen MR) is 119 cm³/mol. The summed E-state index contributed by atoms with van der Waals surface area (Å²) >= 11 is 0. The first kappa shape index (κ1) is 21.9. The van der Waals surface area contributed by atoms with Crippen LogP contribution in [0.1, 0.15) is 35.5 Å². The van der Waals surface area contributed by atoms with Crippen LogP contribution in [0.3, 0.4) is 0 Å². The Balaban J connectivity index is 0.000000171. The SMILES string of the molecule is CC(=O)c1ccc2ccccc2c1.CCOC=O.Cc1[nH]c2ccccc2c1C. The molecule has 0 amide bonds. The molecule has 0 atom stereocenters. The second-order valence-corrected chi connectivity index (χ2v) is 6.59. The van der Waals surface area contributed by atoms with E-state index >= 15 is 0 Å². The fourth-order valence-corrected chi connectivity index (χ4v) is 2.89. The fourth-order valence-electron chi connectivity index (χ4n) is 2.89. The lowest BCUT2D eigenvalue weighted by atomic mass is 10.1. The number of hydrogen-bond donors (Lipinski definition) is 1. The van der Waals surface area contributed by atoms with Crippen molar-refractivity contribution < 1.29 is 14.3 Å². The zero-order valence-electron chi connectivity index (χ0n) is 17.4. The quantitative estimate of drug-likeness (QED) is 0.345. The van der Waals surface area contributed by atoms with Crippen molar-refractivity contribution in [2.75, 3.05) is 6.61 Å². The van der Waals surface area contributed by atoms with Gasteiger partial charge in [-0.2, -0.15) is 0 Å². The van der Waals surface area contributed by atoms with Gasteiger partial charge in [0.25, 0.3) is 6.47 Å². The van der Waals surface area contributed by atoms with Gasteiger partial charge in [0.15, 0.2) is 5.78 Å². The van der Waals surface area contributed by atoms with Crippen LogP contribution in [0.2, 0.25) is 0 Å². The first-order valence-electron chi connectivity index (χ1n) is 9.56.